The Morgan fingerprint density at radius 2 is 2.00 bits per heavy atom. The monoisotopic (exact) mass is 292 g/mol. The van der Waals surface area contributed by atoms with E-state index in [1.807, 2.05) is 32.0 Å². The van der Waals surface area contributed by atoms with Gasteiger partial charge in [0.15, 0.2) is 0 Å². The largest absolute Gasteiger partial charge is 0.466 e. The third-order valence-electron chi connectivity index (χ3n) is 2.98. The molecule has 0 bridgehead atoms. The van der Waals surface area contributed by atoms with Gasteiger partial charge in [0.1, 0.15) is 0 Å². The van der Waals surface area contributed by atoms with E-state index in [0.29, 0.717) is 26.0 Å². The van der Waals surface area contributed by atoms with Crippen LogP contribution in [0.5, 0.6) is 0 Å². The van der Waals surface area contributed by atoms with Crippen molar-refractivity contribution in [3.8, 4) is 0 Å². The lowest BCUT2D eigenvalue weighted by Gasteiger charge is -2.09. The molecule has 0 aliphatic heterocycles. The summed E-state index contributed by atoms with van der Waals surface area (Å²) in [5.74, 6) is -0.280. The summed E-state index contributed by atoms with van der Waals surface area (Å²) in [6.07, 6.45) is 1.04. The second-order valence-electron chi connectivity index (χ2n) is 4.95. The van der Waals surface area contributed by atoms with E-state index in [9.17, 15) is 9.59 Å². The standard InChI is InChI=1S/C16H24N2O3/c1-4-21-16(20)6-5-9-17-11-15(19)18-14-8-7-12(2)10-13(14)3/h7-8,10,17H,4-6,9,11H2,1-3H3,(H,18,19). The molecule has 0 aromatic heterocycles. The molecule has 1 amide bonds. The van der Waals surface area contributed by atoms with Crippen LogP contribution in [-0.2, 0) is 14.3 Å². The number of carbonyl (C=O) groups is 2. The van der Waals surface area contributed by atoms with E-state index in [0.717, 1.165) is 11.3 Å². The quantitative estimate of drug-likeness (QED) is 0.569. The minimum Gasteiger partial charge on any atom is -0.466 e. The number of esters is 1. The van der Waals surface area contributed by atoms with E-state index in [-0.39, 0.29) is 18.4 Å². The second kappa shape index (κ2) is 9.13. The third-order valence-corrected chi connectivity index (χ3v) is 2.98. The van der Waals surface area contributed by atoms with Crippen LogP contribution in [-0.4, -0.2) is 31.6 Å². The van der Waals surface area contributed by atoms with Crippen LogP contribution >= 0.6 is 0 Å². The SMILES string of the molecule is CCOC(=O)CCCNCC(=O)Nc1ccc(C)cc1C. The van der Waals surface area contributed by atoms with Gasteiger partial charge in [-0.2, -0.15) is 0 Å². The minimum absolute atomic E-state index is 0.0851. The molecular formula is C16H24N2O3. The lowest BCUT2D eigenvalue weighted by Crippen LogP contribution is -2.29. The van der Waals surface area contributed by atoms with Gasteiger partial charge >= 0.3 is 5.97 Å². The van der Waals surface area contributed by atoms with Gasteiger partial charge in [0.2, 0.25) is 5.91 Å². The number of ether oxygens (including phenoxy) is 1. The molecule has 1 rings (SSSR count). The maximum absolute atomic E-state index is 11.8. The van der Waals surface area contributed by atoms with Crippen LogP contribution in [0.1, 0.15) is 30.9 Å². The van der Waals surface area contributed by atoms with Gasteiger partial charge in [-0.05, 0) is 45.4 Å². The Kier molecular flexibility index (Phi) is 7.46. The van der Waals surface area contributed by atoms with Crippen LogP contribution in [0, 0.1) is 13.8 Å². The zero-order valence-electron chi connectivity index (χ0n) is 13.0. The van der Waals surface area contributed by atoms with Gasteiger partial charge in [0.05, 0.1) is 13.2 Å². The maximum Gasteiger partial charge on any atom is 0.305 e. The number of benzene rings is 1. The lowest BCUT2D eigenvalue weighted by molar-refractivity contribution is -0.143. The van der Waals surface area contributed by atoms with Crippen molar-refractivity contribution in [1.29, 1.82) is 0 Å². The van der Waals surface area contributed by atoms with E-state index in [1.54, 1.807) is 6.92 Å². The van der Waals surface area contributed by atoms with E-state index >= 15 is 0 Å². The smallest absolute Gasteiger partial charge is 0.305 e. The molecule has 1 aromatic carbocycles. The lowest BCUT2D eigenvalue weighted by atomic mass is 10.1. The van der Waals surface area contributed by atoms with Crippen LogP contribution in [0.4, 0.5) is 5.69 Å². The van der Waals surface area contributed by atoms with Gasteiger partial charge in [-0.1, -0.05) is 17.7 Å². The Bertz CT molecular complexity index is 486. The molecule has 0 radical (unpaired) electrons. The molecule has 0 saturated carbocycles. The zero-order chi connectivity index (χ0) is 15.7. The number of nitrogens with one attached hydrogen (secondary N) is 2. The molecule has 5 nitrogen and oxygen atoms in total. The number of amides is 1. The molecule has 5 heteroatoms. The molecule has 0 atom stereocenters. The normalized spacial score (nSPS) is 10.2. The number of anilines is 1. The number of hydrogen-bond acceptors (Lipinski definition) is 4. The molecule has 1 aromatic rings. The fraction of sp³-hybridized carbons (Fsp3) is 0.500. The first-order valence-electron chi connectivity index (χ1n) is 7.26. The van der Waals surface area contributed by atoms with Gasteiger partial charge < -0.3 is 15.4 Å². The van der Waals surface area contributed by atoms with E-state index in [2.05, 4.69) is 10.6 Å². The summed E-state index contributed by atoms with van der Waals surface area (Å²) in [7, 11) is 0. The Hall–Kier alpha value is -1.88. The van der Waals surface area contributed by atoms with Crippen molar-refractivity contribution in [2.24, 2.45) is 0 Å². The summed E-state index contributed by atoms with van der Waals surface area (Å²) in [6.45, 7) is 7.02. The van der Waals surface area contributed by atoms with Crippen LogP contribution < -0.4 is 10.6 Å². The van der Waals surface area contributed by atoms with Crippen molar-refractivity contribution in [3.63, 3.8) is 0 Å². The highest BCUT2D eigenvalue weighted by atomic mass is 16.5. The molecule has 0 heterocycles. The predicted octanol–water partition coefficient (Wildman–Crippen LogP) is 2.17. The summed E-state index contributed by atoms with van der Waals surface area (Å²) in [4.78, 5) is 22.9. The highest BCUT2D eigenvalue weighted by molar-refractivity contribution is 5.92. The topological polar surface area (TPSA) is 67.4 Å². The molecule has 0 aliphatic carbocycles. The summed E-state index contributed by atoms with van der Waals surface area (Å²) >= 11 is 0. The van der Waals surface area contributed by atoms with Crippen molar-refractivity contribution in [2.75, 3.05) is 25.0 Å². The molecular weight excluding hydrogens is 268 g/mol. The number of carbonyl (C=O) groups excluding carboxylic acids is 2. The maximum atomic E-state index is 11.8. The highest BCUT2D eigenvalue weighted by Crippen LogP contribution is 2.15. The Balaban J connectivity index is 2.21. The van der Waals surface area contributed by atoms with Crippen LogP contribution in [0.25, 0.3) is 0 Å². The molecule has 2 N–H and O–H groups in total. The average molecular weight is 292 g/mol. The zero-order valence-corrected chi connectivity index (χ0v) is 13.0. The van der Waals surface area contributed by atoms with Crippen LogP contribution in [0.15, 0.2) is 18.2 Å². The highest BCUT2D eigenvalue weighted by Gasteiger charge is 2.05. The van der Waals surface area contributed by atoms with Gasteiger partial charge in [-0.15, -0.1) is 0 Å². The summed E-state index contributed by atoms with van der Waals surface area (Å²) in [5.41, 5.74) is 3.05. The molecule has 0 fully saturated rings. The number of rotatable bonds is 8. The first-order valence-corrected chi connectivity index (χ1v) is 7.26. The van der Waals surface area contributed by atoms with E-state index in [4.69, 9.17) is 4.74 Å². The predicted molar refractivity (Wildman–Crippen MR) is 83.3 cm³/mol. The first kappa shape index (κ1) is 17.2. The Morgan fingerprint density at radius 1 is 1.24 bits per heavy atom. The molecule has 21 heavy (non-hydrogen) atoms. The van der Waals surface area contributed by atoms with Crippen molar-refractivity contribution >= 4 is 17.6 Å². The summed E-state index contributed by atoms with van der Waals surface area (Å²) < 4.78 is 4.83. The summed E-state index contributed by atoms with van der Waals surface area (Å²) in [6, 6.07) is 5.90. The van der Waals surface area contributed by atoms with Gasteiger partial charge in [-0.25, -0.2) is 0 Å². The van der Waals surface area contributed by atoms with Crippen LogP contribution in [0.3, 0.4) is 0 Å². The molecule has 0 spiro atoms. The molecule has 0 aliphatic rings. The molecule has 0 saturated heterocycles. The fourth-order valence-corrected chi connectivity index (χ4v) is 1.94. The Labute approximate surface area is 126 Å². The number of hydrogen-bond donors (Lipinski definition) is 2. The molecule has 116 valence electrons. The van der Waals surface area contributed by atoms with Crippen molar-refractivity contribution < 1.29 is 14.3 Å². The van der Waals surface area contributed by atoms with E-state index < -0.39 is 0 Å². The van der Waals surface area contributed by atoms with Gasteiger partial charge in [-0.3, -0.25) is 9.59 Å². The van der Waals surface area contributed by atoms with E-state index in [1.165, 1.54) is 5.56 Å². The van der Waals surface area contributed by atoms with Gasteiger partial charge in [0.25, 0.3) is 0 Å². The van der Waals surface area contributed by atoms with Crippen LogP contribution in [0.2, 0.25) is 0 Å². The van der Waals surface area contributed by atoms with Crippen molar-refractivity contribution in [1.82, 2.24) is 5.32 Å². The fourth-order valence-electron chi connectivity index (χ4n) is 1.94. The first-order chi connectivity index (χ1) is 10.0. The van der Waals surface area contributed by atoms with Crippen molar-refractivity contribution in [2.45, 2.75) is 33.6 Å². The second-order valence-corrected chi connectivity index (χ2v) is 4.95. The Morgan fingerprint density at radius 3 is 2.67 bits per heavy atom. The third kappa shape index (κ3) is 6.90. The minimum atomic E-state index is -0.195. The average Bonchev–Trinajstić information content (AvgIpc) is 2.42. The van der Waals surface area contributed by atoms with Crippen molar-refractivity contribution in [3.05, 3.63) is 29.3 Å². The number of aryl methyl sites for hydroxylation is 2. The summed E-state index contributed by atoms with van der Waals surface area (Å²) in [5, 5.41) is 5.88. The van der Waals surface area contributed by atoms with Gasteiger partial charge in [0, 0.05) is 12.1 Å². The molecule has 0 unspecified atom stereocenters.